The Morgan fingerprint density at radius 1 is 1.33 bits per heavy atom. The first-order chi connectivity index (χ1) is 13.0. The van der Waals surface area contributed by atoms with Crippen molar-refractivity contribution in [2.24, 2.45) is 5.10 Å². The number of nitrogens with zero attached hydrogens (tertiary/aromatic N) is 3. The molecule has 9 heteroatoms. The van der Waals surface area contributed by atoms with E-state index in [4.69, 9.17) is 9.52 Å². The van der Waals surface area contributed by atoms with Crippen LogP contribution in [-0.2, 0) is 0 Å². The molecule has 0 radical (unpaired) electrons. The zero-order chi connectivity index (χ0) is 19.4. The van der Waals surface area contributed by atoms with Gasteiger partial charge in [-0.05, 0) is 42.8 Å². The number of rotatable bonds is 6. The van der Waals surface area contributed by atoms with Crippen molar-refractivity contribution in [3.63, 3.8) is 0 Å². The molecule has 9 nitrogen and oxygen atoms in total. The molecule has 0 aliphatic carbocycles. The number of aromatic carboxylic acids is 1. The van der Waals surface area contributed by atoms with Crippen LogP contribution in [0.3, 0.4) is 0 Å². The van der Waals surface area contributed by atoms with Crippen molar-refractivity contribution in [1.29, 1.82) is 0 Å². The average molecular weight is 366 g/mol. The molecule has 0 aliphatic rings. The van der Waals surface area contributed by atoms with Gasteiger partial charge in [0, 0.05) is 17.8 Å². The number of carboxylic acids is 1. The largest absolute Gasteiger partial charge is 0.478 e. The minimum absolute atomic E-state index is 0.0191. The number of pyridine rings is 1. The second-order valence-corrected chi connectivity index (χ2v) is 5.54. The van der Waals surface area contributed by atoms with Gasteiger partial charge in [-0.1, -0.05) is 6.07 Å². The Kier molecular flexibility index (Phi) is 4.93. The number of anilines is 1. The van der Waals surface area contributed by atoms with Crippen LogP contribution < -0.4 is 5.43 Å². The molecule has 2 heterocycles. The number of aryl methyl sites for hydroxylation is 1. The Bertz CT molecular complexity index is 1040. The molecule has 0 atom stereocenters. The summed E-state index contributed by atoms with van der Waals surface area (Å²) < 4.78 is 5.68. The number of furan rings is 1. The third kappa shape index (κ3) is 3.98. The lowest BCUT2D eigenvalue weighted by atomic mass is 10.0. The summed E-state index contributed by atoms with van der Waals surface area (Å²) in [5, 5.41) is 23.9. The molecular formula is C18H14N4O5. The van der Waals surface area contributed by atoms with Gasteiger partial charge in [-0.15, -0.1) is 0 Å². The van der Waals surface area contributed by atoms with Crippen LogP contribution in [0.5, 0.6) is 0 Å². The maximum atomic E-state index is 11.0. The third-order valence-corrected chi connectivity index (χ3v) is 3.71. The Morgan fingerprint density at radius 2 is 2.15 bits per heavy atom. The molecule has 0 spiro atoms. The molecular weight excluding hydrogens is 352 g/mol. The zero-order valence-corrected chi connectivity index (χ0v) is 14.1. The number of benzene rings is 1. The van der Waals surface area contributed by atoms with Crippen molar-refractivity contribution in [3.05, 3.63) is 75.7 Å². The first kappa shape index (κ1) is 17.8. The predicted molar refractivity (Wildman–Crippen MR) is 97.9 cm³/mol. The van der Waals surface area contributed by atoms with Crippen molar-refractivity contribution >= 4 is 23.7 Å². The molecule has 3 rings (SSSR count). The van der Waals surface area contributed by atoms with E-state index in [0.717, 1.165) is 11.1 Å². The smallest absolute Gasteiger partial charge is 0.335 e. The average Bonchev–Trinajstić information content (AvgIpc) is 3.10. The highest BCUT2D eigenvalue weighted by Crippen LogP contribution is 2.26. The van der Waals surface area contributed by atoms with Crippen molar-refractivity contribution < 1.29 is 19.2 Å². The Morgan fingerprint density at radius 3 is 2.85 bits per heavy atom. The van der Waals surface area contributed by atoms with E-state index in [1.807, 2.05) is 0 Å². The van der Waals surface area contributed by atoms with Gasteiger partial charge in [0.05, 0.1) is 16.7 Å². The summed E-state index contributed by atoms with van der Waals surface area (Å²) in [6.07, 6.45) is 2.78. The zero-order valence-electron chi connectivity index (χ0n) is 14.1. The summed E-state index contributed by atoms with van der Waals surface area (Å²) in [7, 11) is 0. The van der Waals surface area contributed by atoms with E-state index in [0.29, 0.717) is 11.5 Å². The molecule has 0 amide bonds. The molecule has 136 valence electrons. The number of nitrogens with one attached hydrogen (secondary N) is 1. The Labute approximate surface area is 153 Å². The van der Waals surface area contributed by atoms with Gasteiger partial charge >= 0.3 is 11.7 Å². The number of carbonyl (C=O) groups is 1. The van der Waals surface area contributed by atoms with Crippen LogP contribution in [0.4, 0.5) is 11.5 Å². The van der Waals surface area contributed by atoms with Gasteiger partial charge < -0.3 is 9.52 Å². The van der Waals surface area contributed by atoms with Gasteiger partial charge in [0.15, 0.2) is 0 Å². The van der Waals surface area contributed by atoms with Gasteiger partial charge in [-0.3, -0.25) is 15.5 Å². The Balaban J connectivity index is 1.76. The van der Waals surface area contributed by atoms with Crippen molar-refractivity contribution in [2.75, 3.05) is 5.43 Å². The summed E-state index contributed by atoms with van der Waals surface area (Å²) >= 11 is 0. The van der Waals surface area contributed by atoms with Crippen LogP contribution in [0.15, 0.2) is 58.2 Å². The van der Waals surface area contributed by atoms with E-state index in [9.17, 15) is 14.9 Å². The molecule has 1 aromatic carbocycles. The molecule has 0 saturated heterocycles. The molecule has 2 N–H and O–H groups in total. The van der Waals surface area contributed by atoms with Crippen LogP contribution in [-0.4, -0.2) is 27.2 Å². The highest BCUT2D eigenvalue weighted by molar-refractivity contribution is 5.89. The lowest BCUT2D eigenvalue weighted by molar-refractivity contribution is -0.384. The highest BCUT2D eigenvalue weighted by atomic mass is 16.6. The highest BCUT2D eigenvalue weighted by Gasteiger charge is 2.13. The molecule has 3 aromatic rings. The second kappa shape index (κ2) is 7.48. The first-order valence-corrected chi connectivity index (χ1v) is 7.78. The molecule has 27 heavy (non-hydrogen) atoms. The molecule has 0 aliphatic heterocycles. The lowest BCUT2D eigenvalue weighted by Gasteiger charge is -2.03. The van der Waals surface area contributed by atoms with Crippen molar-refractivity contribution in [2.45, 2.75) is 6.92 Å². The Hall–Kier alpha value is -4.01. The van der Waals surface area contributed by atoms with E-state index >= 15 is 0 Å². The normalized spacial score (nSPS) is 10.9. The summed E-state index contributed by atoms with van der Waals surface area (Å²) in [5.41, 5.74) is 4.04. The van der Waals surface area contributed by atoms with Gasteiger partial charge in [-0.25, -0.2) is 9.78 Å². The summed E-state index contributed by atoms with van der Waals surface area (Å²) in [4.78, 5) is 25.3. The molecule has 0 unspecified atom stereocenters. The second-order valence-electron chi connectivity index (χ2n) is 5.54. The number of hydrazone groups is 1. The topological polar surface area (TPSA) is 131 Å². The number of hydrogen-bond donors (Lipinski definition) is 2. The quantitative estimate of drug-likeness (QED) is 0.386. The fourth-order valence-electron chi connectivity index (χ4n) is 2.43. The van der Waals surface area contributed by atoms with Gasteiger partial charge in [-0.2, -0.15) is 5.10 Å². The number of nitro groups is 1. The lowest BCUT2D eigenvalue weighted by Crippen LogP contribution is -1.98. The third-order valence-electron chi connectivity index (χ3n) is 3.71. The van der Waals surface area contributed by atoms with Crippen LogP contribution in [0.1, 0.15) is 21.7 Å². The molecule has 0 fully saturated rings. The van der Waals surface area contributed by atoms with E-state index in [1.54, 1.807) is 31.2 Å². The summed E-state index contributed by atoms with van der Waals surface area (Å²) in [6.45, 7) is 1.79. The minimum Gasteiger partial charge on any atom is -0.478 e. The SMILES string of the molecule is Cc1cc(C(=O)O)ccc1-c1ccc(C=NNc2ncccc2[N+](=O)[O-])o1. The minimum atomic E-state index is -0.994. The summed E-state index contributed by atoms with van der Waals surface area (Å²) in [6, 6.07) is 10.9. The van der Waals surface area contributed by atoms with Crippen LogP contribution in [0, 0.1) is 17.0 Å². The van der Waals surface area contributed by atoms with E-state index < -0.39 is 10.9 Å². The standard InChI is InChI=1S/C18H14N4O5/c1-11-9-12(18(23)24)4-6-14(11)16-7-5-13(27-16)10-20-21-17-15(22(25)26)3-2-8-19-17/h2-10H,1H3,(H,19,21)(H,23,24). The van der Waals surface area contributed by atoms with Crippen LogP contribution >= 0.6 is 0 Å². The first-order valence-electron chi connectivity index (χ1n) is 7.78. The predicted octanol–water partition coefficient (Wildman–Crippen LogP) is 3.70. The molecule has 0 bridgehead atoms. The van der Waals surface area contributed by atoms with Gasteiger partial charge in [0.1, 0.15) is 11.5 Å². The van der Waals surface area contributed by atoms with E-state index in [1.165, 1.54) is 30.6 Å². The summed E-state index contributed by atoms with van der Waals surface area (Å²) in [5.74, 6) is -0.00950. The number of carboxylic acid groups (broad SMARTS) is 1. The fraction of sp³-hybridized carbons (Fsp3) is 0.0556. The van der Waals surface area contributed by atoms with Crippen molar-refractivity contribution in [3.8, 4) is 11.3 Å². The van der Waals surface area contributed by atoms with Crippen LogP contribution in [0.2, 0.25) is 0 Å². The number of hydrogen-bond acceptors (Lipinski definition) is 7. The maximum absolute atomic E-state index is 11.0. The van der Waals surface area contributed by atoms with Crippen molar-refractivity contribution in [1.82, 2.24) is 4.98 Å². The van der Waals surface area contributed by atoms with E-state index in [2.05, 4.69) is 15.5 Å². The fourth-order valence-corrected chi connectivity index (χ4v) is 2.43. The van der Waals surface area contributed by atoms with Gasteiger partial charge in [0.2, 0.25) is 5.82 Å². The van der Waals surface area contributed by atoms with E-state index in [-0.39, 0.29) is 17.1 Å². The van der Waals surface area contributed by atoms with Crippen LogP contribution in [0.25, 0.3) is 11.3 Å². The van der Waals surface area contributed by atoms with Gasteiger partial charge in [0.25, 0.3) is 0 Å². The molecule has 2 aromatic heterocycles. The number of aromatic nitrogens is 1. The molecule has 0 saturated carbocycles. The maximum Gasteiger partial charge on any atom is 0.335 e. The monoisotopic (exact) mass is 366 g/mol.